The summed E-state index contributed by atoms with van der Waals surface area (Å²) in [6.45, 7) is 0.583. The van der Waals surface area contributed by atoms with Gasteiger partial charge in [0.1, 0.15) is 18.2 Å². The Morgan fingerprint density at radius 2 is 2.53 bits per heavy atom. The molecule has 19 heavy (non-hydrogen) atoms. The van der Waals surface area contributed by atoms with E-state index < -0.39 is 0 Å². The molecular formula is C12H14N4O3. The van der Waals surface area contributed by atoms with E-state index in [0.29, 0.717) is 17.8 Å². The van der Waals surface area contributed by atoms with Gasteiger partial charge >= 0.3 is 0 Å². The van der Waals surface area contributed by atoms with Crippen LogP contribution < -0.4 is 5.56 Å². The molecule has 1 fully saturated rings. The zero-order valence-corrected chi connectivity index (χ0v) is 10.5. The summed E-state index contributed by atoms with van der Waals surface area (Å²) < 4.78 is 12.5. The van der Waals surface area contributed by atoms with E-state index in [1.807, 2.05) is 6.20 Å². The van der Waals surface area contributed by atoms with Crippen LogP contribution in [0, 0.1) is 0 Å². The Kier molecular flexibility index (Phi) is 3.04. The molecule has 0 unspecified atom stereocenters. The van der Waals surface area contributed by atoms with E-state index in [1.54, 1.807) is 18.0 Å². The highest BCUT2D eigenvalue weighted by molar-refractivity contribution is 5.71. The van der Waals surface area contributed by atoms with Gasteiger partial charge in [-0.3, -0.25) is 9.36 Å². The molecule has 7 nitrogen and oxygen atoms in total. The quantitative estimate of drug-likeness (QED) is 0.882. The highest BCUT2D eigenvalue weighted by Gasteiger charge is 2.20. The lowest BCUT2D eigenvalue weighted by atomic mass is 10.2. The number of fused-ring (bicyclic) bond motifs is 1. The number of imidazole rings is 1. The van der Waals surface area contributed by atoms with Crippen LogP contribution in [-0.2, 0) is 9.47 Å². The number of aromatic amines is 1. The number of ether oxygens (including phenoxy) is 2. The molecule has 7 heteroatoms. The number of hydrogen-bond acceptors (Lipinski definition) is 5. The first-order valence-corrected chi connectivity index (χ1v) is 6.04. The van der Waals surface area contributed by atoms with E-state index in [0.717, 1.165) is 18.6 Å². The van der Waals surface area contributed by atoms with Gasteiger partial charge in [-0.1, -0.05) is 0 Å². The summed E-state index contributed by atoms with van der Waals surface area (Å²) in [6.07, 6.45) is 6.62. The maximum atomic E-state index is 11.5. The van der Waals surface area contributed by atoms with E-state index in [1.165, 1.54) is 6.33 Å². The molecule has 0 aliphatic carbocycles. The van der Waals surface area contributed by atoms with Crippen LogP contribution in [0.5, 0.6) is 0 Å². The third-order valence-corrected chi connectivity index (χ3v) is 3.03. The van der Waals surface area contributed by atoms with E-state index in [2.05, 4.69) is 15.0 Å². The second-order valence-electron chi connectivity index (χ2n) is 4.39. The molecule has 0 spiro atoms. The first-order valence-electron chi connectivity index (χ1n) is 6.04. The standard InChI is InChI=1S/C12H14N4O3/c1-18-5-9-3-2-8(19-9)4-16-7-15-10-11(16)13-6-14-12(10)17/h4,6-7,9H,2-3,5H2,1H3,(H,13,14,17)/t9-/m0/s1. The minimum atomic E-state index is -0.244. The maximum Gasteiger partial charge on any atom is 0.278 e. The van der Waals surface area contributed by atoms with E-state index in [4.69, 9.17) is 9.47 Å². The third kappa shape index (κ3) is 2.24. The fourth-order valence-corrected chi connectivity index (χ4v) is 2.15. The van der Waals surface area contributed by atoms with Crippen molar-refractivity contribution in [3.8, 4) is 0 Å². The minimum absolute atomic E-state index is 0.0994. The molecule has 1 aliphatic rings. The normalized spacial score (nSPS) is 21.1. The summed E-state index contributed by atoms with van der Waals surface area (Å²) in [5.74, 6) is 0.850. The van der Waals surface area contributed by atoms with Gasteiger partial charge in [0.25, 0.3) is 5.56 Å². The zero-order chi connectivity index (χ0) is 13.2. The molecule has 0 amide bonds. The highest BCUT2D eigenvalue weighted by atomic mass is 16.5. The molecule has 0 bridgehead atoms. The van der Waals surface area contributed by atoms with Crippen molar-refractivity contribution in [2.24, 2.45) is 0 Å². The zero-order valence-electron chi connectivity index (χ0n) is 10.5. The van der Waals surface area contributed by atoms with Crippen LogP contribution in [0.2, 0.25) is 0 Å². The van der Waals surface area contributed by atoms with Crippen molar-refractivity contribution in [3.63, 3.8) is 0 Å². The van der Waals surface area contributed by atoms with Crippen LogP contribution in [-0.4, -0.2) is 39.3 Å². The first-order chi connectivity index (χ1) is 9.28. The molecular weight excluding hydrogens is 248 g/mol. The molecule has 100 valence electrons. The largest absolute Gasteiger partial charge is 0.491 e. The second kappa shape index (κ2) is 4.85. The fourth-order valence-electron chi connectivity index (χ4n) is 2.15. The molecule has 0 saturated carbocycles. The lowest BCUT2D eigenvalue weighted by Crippen LogP contribution is -2.11. The summed E-state index contributed by atoms with van der Waals surface area (Å²) in [6, 6.07) is 0. The molecule has 1 N–H and O–H groups in total. The Labute approximate surface area is 108 Å². The van der Waals surface area contributed by atoms with Crippen LogP contribution in [0.25, 0.3) is 17.4 Å². The number of rotatable bonds is 3. The Morgan fingerprint density at radius 1 is 1.63 bits per heavy atom. The molecule has 3 rings (SSSR count). The van der Waals surface area contributed by atoms with Gasteiger partial charge in [0, 0.05) is 19.7 Å². The summed E-state index contributed by atoms with van der Waals surface area (Å²) in [7, 11) is 1.66. The predicted molar refractivity (Wildman–Crippen MR) is 68.4 cm³/mol. The molecule has 1 aliphatic heterocycles. The smallest absolute Gasteiger partial charge is 0.278 e. The molecule has 3 heterocycles. The summed E-state index contributed by atoms with van der Waals surface area (Å²) in [5.41, 5.74) is 0.604. The third-order valence-electron chi connectivity index (χ3n) is 3.03. The lowest BCUT2D eigenvalue weighted by Gasteiger charge is -2.08. The SMILES string of the molecule is COC[C@@H]1CCC(=Cn2cnc3c(=O)[nH]cnc32)O1. The summed E-state index contributed by atoms with van der Waals surface area (Å²) in [5, 5.41) is 0. The van der Waals surface area contributed by atoms with Crippen LogP contribution in [0.15, 0.2) is 23.2 Å². The van der Waals surface area contributed by atoms with Gasteiger partial charge < -0.3 is 14.5 Å². The topological polar surface area (TPSA) is 82.0 Å². The molecule has 1 saturated heterocycles. The van der Waals surface area contributed by atoms with Crippen LogP contribution in [0.1, 0.15) is 12.8 Å². The van der Waals surface area contributed by atoms with Crippen molar-refractivity contribution < 1.29 is 9.47 Å². The maximum absolute atomic E-state index is 11.5. The van der Waals surface area contributed by atoms with Crippen molar-refractivity contribution in [1.29, 1.82) is 0 Å². The van der Waals surface area contributed by atoms with Crippen molar-refractivity contribution >= 4 is 17.4 Å². The number of H-pyrrole nitrogens is 1. The summed E-state index contributed by atoms with van der Waals surface area (Å²) >= 11 is 0. The second-order valence-corrected chi connectivity index (χ2v) is 4.39. The highest BCUT2D eigenvalue weighted by Crippen LogP contribution is 2.24. The number of nitrogens with zero attached hydrogens (tertiary/aromatic N) is 3. The number of nitrogens with one attached hydrogen (secondary N) is 1. The Balaban J connectivity index is 1.90. The van der Waals surface area contributed by atoms with Gasteiger partial charge in [0.15, 0.2) is 11.2 Å². The fraction of sp³-hybridized carbons (Fsp3) is 0.417. The van der Waals surface area contributed by atoms with Crippen LogP contribution in [0.4, 0.5) is 0 Å². The van der Waals surface area contributed by atoms with Crippen molar-refractivity contribution in [2.45, 2.75) is 18.9 Å². The Bertz CT molecular complexity index is 673. The first kappa shape index (κ1) is 11.9. The predicted octanol–water partition coefficient (Wildman–Crippen LogP) is 0.743. The van der Waals surface area contributed by atoms with Gasteiger partial charge in [-0.25, -0.2) is 9.97 Å². The molecule has 2 aromatic heterocycles. The summed E-state index contributed by atoms with van der Waals surface area (Å²) in [4.78, 5) is 22.2. The van der Waals surface area contributed by atoms with Crippen molar-refractivity contribution in [3.05, 3.63) is 28.8 Å². The number of hydrogen-bond donors (Lipinski definition) is 1. The van der Waals surface area contributed by atoms with E-state index in [-0.39, 0.29) is 11.7 Å². The van der Waals surface area contributed by atoms with E-state index >= 15 is 0 Å². The van der Waals surface area contributed by atoms with E-state index in [9.17, 15) is 4.79 Å². The van der Waals surface area contributed by atoms with Gasteiger partial charge in [-0.15, -0.1) is 0 Å². The number of methoxy groups -OCH3 is 1. The van der Waals surface area contributed by atoms with Crippen LogP contribution in [0.3, 0.4) is 0 Å². The van der Waals surface area contributed by atoms with Crippen molar-refractivity contribution in [1.82, 2.24) is 19.5 Å². The Hall–Kier alpha value is -2.15. The molecule has 0 radical (unpaired) electrons. The van der Waals surface area contributed by atoms with Gasteiger partial charge in [-0.2, -0.15) is 0 Å². The number of aromatic nitrogens is 4. The van der Waals surface area contributed by atoms with Gasteiger partial charge in [0.05, 0.1) is 12.9 Å². The van der Waals surface area contributed by atoms with Gasteiger partial charge in [-0.05, 0) is 6.42 Å². The molecule has 2 aromatic rings. The van der Waals surface area contributed by atoms with Gasteiger partial charge in [0.2, 0.25) is 0 Å². The minimum Gasteiger partial charge on any atom is -0.491 e. The van der Waals surface area contributed by atoms with Crippen molar-refractivity contribution in [2.75, 3.05) is 13.7 Å². The average molecular weight is 262 g/mol. The molecule has 1 atom stereocenters. The van der Waals surface area contributed by atoms with Crippen LogP contribution >= 0.6 is 0 Å². The molecule has 0 aromatic carbocycles. The monoisotopic (exact) mass is 262 g/mol. The number of allylic oxidation sites excluding steroid dienone is 1. The average Bonchev–Trinajstić information content (AvgIpc) is 3.00. The lowest BCUT2D eigenvalue weighted by molar-refractivity contribution is 0.0640. The Morgan fingerprint density at radius 3 is 3.37 bits per heavy atom.